The van der Waals surface area contributed by atoms with Gasteiger partial charge in [0.25, 0.3) is 0 Å². The molecule has 1 unspecified atom stereocenters. The van der Waals surface area contributed by atoms with Crippen LogP contribution in [0.2, 0.25) is 10.0 Å². The first-order chi connectivity index (χ1) is 11.6. The van der Waals surface area contributed by atoms with Gasteiger partial charge in [-0.15, -0.1) is 11.8 Å². The molecule has 3 rings (SSSR count). The lowest BCUT2D eigenvalue weighted by molar-refractivity contribution is 0.153. The van der Waals surface area contributed by atoms with Crippen LogP contribution in [0.4, 0.5) is 0 Å². The molecule has 0 aromatic heterocycles. The SMILES string of the molecule is NC(=NC(c1ccc(Cl)cc1)c1ccc(Cl)cc1)C1COCCS1. The molecular formula is C18H18Cl2N2OS. The van der Waals surface area contributed by atoms with Crippen LogP contribution in [0.3, 0.4) is 0 Å². The van der Waals surface area contributed by atoms with Crippen molar-refractivity contribution in [3.8, 4) is 0 Å². The molecule has 0 amide bonds. The van der Waals surface area contributed by atoms with E-state index in [1.807, 2.05) is 48.5 Å². The van der Waals surface area contributed by atoms with Gasteiger partial charge in [-0.1, -0.05) is 47.5 Å². The Balaban J connectivity index is 1.94. The molecule has 1 saturated heterocycles. The van der Waals surface area contributed by atoms with Crippen LogP contribution in [-0.4, -0.2) is 30.1 Å². The van der Waals surface area contributed by atoms with Crippen LogP contribution in [0.1, 0.15) is 17.2 Å². The fourth-order valence-electron chi connectivity index (χ4n) is 2.52. The van der Waals surface area contributed by atoms with Crippen LogP contribution in [0.15, 0.2) is 53.5 Å². The molecule has 0 bridgehead atoms. The third kappa shape index (κ3) is 4.45. The number of hydrogen-bond acceptors (Lipinski definition) is 3. The molecule has 0 spiro atoms. The first kappa shape index (κ1) is 17.6. The van der Waals surface area contributed by atoms with Gasteiger partial charge in [0.15, 0.2) is 0 Å². The van der Waals surface area contributed by atoms with Crippen molar-refractivity contribution >= 4 is 40.8 Å². The Morgan fingerprint density at radius 2 is 1.58 bits per heavy atom. The minimum absolute atomic E-state index is 0.0980. The molecule has 1 heterocycles. The van der Waals surface area contributed by atoms with E-state index in [9.17, 15) is 0 Å². The van der Waals surface area contributed by atoms with Crippen molar-refractivity contribution in [3.05, 3.63) is 69.7 Å². The predicted octanol–water partition coefficient (Wildman–Crippen LogP) is 4.57. The first-order valence-corrected chi connectivity index (χ1v) is 9.47. The average molecular weight is 381 g/mol. The van der Waals surface area contributed by atoms with Crippen molar-refractivity contribution in [2.24, 2.45) is 10.7 Å². The Morgan fingerprint density at radius 3 is 2.04 bits per heavy atom. The highest BCUT2D eigenvalue weighted by molar-refractivity contribution is 8.00. The summed E-state index contributed by atoms with van der Waals surface area (Å²) in [4.78, 5) is 4.81. The molecule has 126 valence electrons. The number of nitrogens with zero attached hydrogens (tertiary/aromatic N) is 1. The number of ether oxygens (including phenoxy) is 1. The van der Waals surface area contributed by atoms with E-state index in [-0.39, 0.29) is 11.3 Å². The van der Waals surface area contributed by atoms with Crippen molar-refractivity contribution in [1.82, 2.24) is 0 Å². The number of nitrogens with two attached hydrogens (primary N) is 1. The fourth-order valence-corrected chi connectivity index (χ4v) is 3.70. The maximum Gasteiger partial charge on any atom is 0.110 e. The Morgan fingerprint density at radius 1 is 1.04 bits per heavy atom. The van der Waals surface area contributed by atoms with Crippen LogP contribution in [0.5, 0.6) is 0 Å². The lowest BCUT2D eigenvalue weighted by Crippen LogP contribution is -2.34. The Kier molecular flexibility index (Phi) is 6.06. The zero-order chi connectivity index (χ0) is 16.9. The van der Waals surface area contributed by atoms with E-state index >= 15 is 0 Å². The van der Waals surface area contributed by atoms with E-state index in [1.165, 1.54) is 0 Å². The second-order valence-electron chi connectivity index (χ2n) is 5.49. The maximum absolute atomic E-state index is 6.28. The highest BCUT2D eigenvalue weighted by Gasteiger charge is 2.21. The van der Waals surface area contributed by atoms with Gasteiger partial charge in [0.05, 0.1) is 18.5 Å². The van der Waals surface area contributed by atoms with Gasteiger partial charge in [-0.25, -0.2) is 0 Å². The summed E-state index contributed by atoms with van der Waals surface area (Å²) in [6, 6.07) is 15.2. The summed E-state index contributed by atoms with van der Waals surface area (Å²) in [6.45, 7) is 1.38. The third-order valence-electron chi connectivity index (χ3n) is 3.80. The normalized spacial score (nSPS) is 18.8. The van der Waals surface area contributed by atoms with Gasteiger partial charge < -0.3 is 10.5 Å². The number of thioether (sulfide) groups is 1. The second-order valence-corrected chi connectivity index (χ2v) is 7.68. The van der Waals surface area contributed by atoms with Crippen molar-refractivity contribution in [2.45, 2.75) is 11.3 Å². The molecule has 0 aliphatic carbocycles. The lowest BCUT2D eigenvalue weighted by Gasteiger charge is -2.23. The van der Waals surface area contributed by atoms with Crippen LogP contribution >= 0.6 is 35.0 Å². The zero-order valence-electron chi connectivity index (χ0n) is 13.0. The second kappa shape index (κ2) is 8.26. The first-order valence-electron chi connectivity index (χ1n) is 7.67. The van der Waals surface area contributed by atoms with Crippen LogP contribution < -0.4 is 5.73 Å². The Labute approximate surface area is 156 Å². The van der Waals surface area contributed by atoms with E-state index < -0.39 is 0 Å². The van der Waals surface area contributed by atoms with Gasteiger partial charge in [0.1, 0.15) is 11.9 Å². The topological polar surface area (TPSA) is 47.6 Å². The standard InChI is InChI=1S/C18H18Cl2N2OS/c19-14-5-1-12(2-6-14)17(13-3-7-15(20)8-4-13)22-18(21)16-11-23-9-10-24-16/h1-8,16-17H,9-11H2,(H2,21,22). The van der Waals surface area contributed by atoms with Gasteiger partial charge in [-0.3, -0.25) is 4.99 Å². The molecule has 1 aliphatic heterocycles. The number of benzene rings is 2. The molecule has 1 atom stereocenters. The molecule has 0 radical (unpaired) electrons. The number of aliphatic imine (C=N–C) groups is 1. The Hall–Kier alpha value is -1.20. The number of rotatable bonds is 4. The van der Waals surface area contributed by atoms with Crippen LogP contribution in [0, 0.1) is 0 Å². The molecule has 1 fully saturated rings. The summed E-state index contributed by atoms with van der Waals surface area (Å²) in [5, 5.41) is 1.49. The highest BCUT2D eigenvalue weighted by atomic mass is 35.5. The number of halogens is 2. The van der Waals surface area contributed by atoms with Crippen molar-refractivity contribution in [1.29, 1.82) is 0 Å². The summed E-state index contributed by atoms with van der Waals surface area (Å²) in [6.07, 6.45) is 0. The van der Waals surface area contributed by atoms with Crippen LogP contribution in [-0.2, 0) is 4.74 Å². The van der Waals surface area contributed by atoms with E-state index in [1.54, 1.807) is 11.8 Å². The van der Waals surface area contributed by atoms with Crippen molar-refractivity contribution < 1.29 is 4.74 Å². The summed E-state index contributed by atoms with van der Waals surface area (Å²) in [7, 11) is 0. The van der Waals surface area contributed by atoms with Crippen LogP contribution in [0.25, 0.3) is 0 Å². The minimum atomic E-state index is -0.193. The zero-order valence-corrected chi connectivity index (χ0v) is 15.3. The summed E-state index contributed by atoms with van der Waals surface area (Å²) in [5.41, 5.74) is 8.35. The molecule has 3 nitrogen and oxygen atoms in total. The van der Waals surface area contributed by atoms with E-state index in [0.717, 1.165) is 23.5 Å². The Bertz CT molecular complexity index is 652. The summed E-state index contributed by atoms with van der Waals surface area (Å²) in [5.74, 6) is 1.54. The van der Waals surface area contributed by atoms with Gasteiger partial charge in [-0.2, -0.15) is 0 Å². The van der Waals surface area contributed by atoms with Gasteiger partial charge in [0, 0.05) is 15.8 Å². The van der Waals surface area contributed by atoms with Gasteiger partial charge in [0.2, 0.25) is 0 Å². The van der Waals surface area contributed by atoms with Gasteiger partial charge in [-0.05, 0) is 35.4 Å². The molecule has 24 heavy (non-hydrogen) atoms. The van der Waals surface area contributed by atoms with E-state index in [2.05, 4.69) is 0 Å². The quantitative estimate of drug-likeness (QED) is 0.623. The predicted molar refractivity (Wildman–Crippen MR) is 103 cm³/mol. The van der Waals surface area contributed by atoms with Crippen molar-refractivity contribution in [2.75, 3.05) is 19.0 Å². The number of amidine groups is 1. The smallest absolute Gasteiger partial charge is 0.110 e. The average Bonchev–Trinajstić information content (AvgIpc) is 2.62. The van der Waals surface area contributed by atoms with Gasteiger partial charge >= 0.3 is 0 Å². The third-order valence-corrected chi connectivity index (χ3v) is 5.48. The summed E-state index contributed by atoms with van der Waals surface area (Å²) >= 11 is 13.8. The molecule has 6 heteroatoms. The lowest BCUT2D eigenvalue weighted by atomic mass is 9.99. The highest BCUT2D eigenvalue weighted by Crippen LogP contribution is 2.29. The molecule has 0 saturated carbocycles. The molecule has 1 aliphatic rings. The molecule has 2 aromatic rings. The van der Waals surface area contributed by atoms with Crippen molar-refractivity contribution in [3.63, 3.8) is 0 Å². The van der Waals surface area contributed by atoms with E-state index in [0.29, 0.717) is 22.5 Å². The number of hydrogen-bond donors (Lipinski definition) is 1. The molecular weight excluding hydrogens is 363 g/mol. The fraction of sp³-hybridized carbons (Fsp3) is 0.278. The monoisotopic (exact) mass is 380 g/mol. The molecule has 2 aromatic carbocycles. The summed E-state index contributed by atoms with van der Waals surface area (Å²) < 4.78 is 5.51. The maximum atomic E-state index is 6.28. The largest absolute Gasteiger partial charge is 0.386 e. The molecule has 2 N–H and O–H groups in total. The van der Waals surface area contributed by atoms with E-state index in [4.69, 9.17) is 38.7 Å². The minimum Gasteiger partial charge on any atom is -0.386 e.